The second kappa shape index (κ2) is 7.62. The highest BCUT2D eigenvalue weighted by atomic mass is 19.4. The van der Waals surface area contributed by atoms with Gasteiger partial charge in [0, 0.05) is 18.7 Å². The number of nitrogens with one attached hydrogen (secondary N) is 1. The molecule has 8 heteroatoms. The van der Waals surface area contributed by atoms with Crippen molar-refractivity contribution in [3.05, 3.63) is 65.0 Å². The number of hydrogen-bond acceptors (Lipinski definition) is 2. The molecular weight excluding hydrogens is 367 g/mol. The first-order chi connectivity index (χ1) is 12.8. The van der Waals surface area contributed by atoms with Crippen molar-refractivity contribution in [3.63, 3.8) is 0 Å². The van der Waals surface area contributed by atoms with E-state index in [0.717, 1.165) is 43.3 Å². The molecule has 1 saturated carbocycles. The highest BCUT2D eigenvalue weighted by Crippen LogP contribution is 2.38. The summed E-state index contributed by atoms with van der Waals surface area (Å²) >= 11 is 0. The SMILES string of the molecule is O=C(NCC(CC1CC1)c1ccc(C(F)(F)F)nc1)c1c(F)cccc1F. The first-order valence-electron chi connectivity index (χ1n) is 8.51. The van der Waals surface area contributed by atoms with Gasteiger partial charge in [-0.05, 0) is 36.1 Å². The summed E-state index contributed by atoms with van der Waals surface area (Å²) < 4.78 is 65.4. The molecule has 3 rings (SSSR count). The first-order valence-corrected chi connectivity index (χ1v) is 8.51. The van der Waals surface area contributed by atoms with Gasteiger partial charge in [0.05, 0.1) is 0 Å². The molecule has 1 unspecified atom stereocenters. The van der Waals surface area contributed by atoms with Crippen molar-refractivity contribution < 1.29 is 26.7 Å². The molecular formula is C19H17F5N2O. The molecule has 3 nitrogen and oxygen atoms in total. The third kappa shape index (κ3) is 4.81. The van der Waals surface area contributed by atoms with E-state index in [-0.39, 0.29) is 12.5 Å². The van der Waals surface area contributed by atoms with Crippen LogP contribution in [0.2, 0.25) is 0 Å². The zero-order chi connectivity index (χ0) is 19.6. The van der Waals surface area contributed by atoms with Crippen LogP contribution in [0.4, 0.5) is 22.0 Å². The first kappa shape index (κ1) is 19.3. The molecule has 0 saturated heterocycles. The van der Waals surface area contributed by atoms with Gasteiger partial charge in [-0.25, -0.2) is 8.78 Å². The zero-order valence-electron chi connectivity index (χ0n) is 14.2. The highest BCUT2D eigenvalue weighted by molar-refractivity contribution is 5.94. The number of carbonyl (C=O) groups is 1. The smallest absolute Gasteiger partial charge is 0.351 e. The summed E-state index contributed by atoms with van der Waals surface area (Å²) in [6.07, 6.45) is -0.694. The summed E-state index contributed by atoms with van der Waals surface area (Å²) in [5.74, 6) is -2.69. The lowest BCUT2D eigenvalue weighted by Gasteiger charge is -2.18. The molecule has 0 bridgehead atoms. The van der Waals surface area contributed by atoms with E-state index in [0.29, 0.717) is 17.9 Å². The van der Waals surface area contributed by atoms with E-state index in [1.165, 1.54) is 6.07 Å². The second-order valence-electron chi connectivity index (χ2n) is 6.66. The average molecular weight is 384 g/mol. The Bertz CT molecular complexity index is 796. The van der Waals surface area contributed by atoms with Gasteiger partial charge in [-0.3, -0.25) is 9.78 Å². The van der Waals surface area contributed by atoms with Gasteiger partial charge >= 0.3 is 6.18 Å². The predicted octanol–water partition coefficient (Wildman–Crippen LogP) is 4.69. The molecule has 1 aliphatic carbocycles. The Kier molecular flexibility index (Phi) is 5.43. The number of rotatable bonds is 6. The molecule has 1 aromatic heterocycles. The second-order valence-corrected chi connectivity index (χ2v) is 6.66. The maximum Gasteiger partial charge on any atom is 0.433 e. The fraction of sp³-hybridized carbons (Fsp3) is 0.368. The topological polar surface area (TPSA) is 42.0 Å². The van der Waals surface area contributed by atoms with Crippen LogP contribution in [0.15, 0.2) is 36.5 Å². The number of nitrogens with zero attached hydrogens (tertiary/aromatic N) is 1. The summed E-state index contributed by atoms with van der Waals surface area (Å²) in [6, 6.07) is 5.36. The number of amides is 1. The molecule has 1 N–H and O–H groups in total. The van der Waals surface area contributed by atoms with Crippen LogP contribution in [0.25, 0.3) is 0 Å². The molecule has 1 fully saturated rings. The van der Waals surface area contributed by atoms with Gasteiger partial charge in [0.2, 0.25) is 0 Å². The van der Waals surface area contributed by atoms with E-state index in [2.05, 4.69) is 10.3 Å². The third-order valence-electron chi connectivity index (χ3n) is 4.56. The van der Waals surface area contributed by atoms with Crippen molar-refractivity contribution in [1.82, 2.24) is 10.3 Å². The molecule has 1 aromatic carbocycles. The van der Waals surface area contributed by atoms with Crippen LogP contribution in [-0.4, -0.2) is 17.4 Å². The Morgan fingerprint density at radius 2 is 1.81 bits per heavy atom. The standard InChI is InChI=1S/C19H17F5N2O/c20-14-2-1-3-15(21)17(14)18(27)26-10-13(8-11-4-5-11)12-6-7-16(25-9-12)19(22,23)24/h1-3,6-7,9,11,13H,4-5,8,10H2,(H,26,27). The Balaban J connectivity index is 1.73. The number of hydrogen-bond donors (Lipinski definition) is 1. The molecule has 1 amide bonds. The monoisotopic (exact) mass is 384 g/mol. The number of benzene rings is 1. The number of carbonyl (C=O) groups excluding carboxylic acids is 1. The third-order valence-corrected chi connectivity index (χ3v) is 4.56. The average Bonchev–Trinajstić information content (AvgIpc) is 3.42. The Labute approximate surface area is 152 Å². The summed E-state index contributed by atoms with van der Waals surface area (Å²) in [5.41, 5.74) is -1.12. The zero-order valence-corrected chi connectivity index (χ0v) is 14.2. The van der Waals surface area contributed by atoms with Crippen LogP contribution < -0.4 is 5.32 Å². The Morgan fingerprint density at radius 1 is 1.15 bits per heavy atom. The van der Waals surface area contributed by atoms with Crippen molar-refractivity contribution >= 4 is 5.91 Å². The minimum absolute atomic E-state index is 0.0517. The lowest BCUT2D eigenvalue weighted by Crippen LogP contribution is -2.30. The van der Waals surface area contributed by atoms with E-state index in [1.807, 2.05) is 0 Å². The lowest BCUT2D eigenvalue weighted by atomic mass is 9.94. The van der Waals surface area contributed by atoms with E-state index in [4.69, 9.17) is 0 Å². The maximum absolute atomic E-state index is 13.7. The molecule has 27 heavy (non-hydrogen) atoms. The fourth-order valence-electron chi connectivity index (χ4n) is 2.93. The summed E-state index contributed by atoms with van der Waals surface area (Å²) in [4.78, 5) is 15.6. The minimum Gasteiger partial charge on any atom is -0.351 e. The molecule has 1 aliphatic rings. The molecule has 2 aromatic rings. The van der Waals surface area contributed by atoms with Crippen molar-refractivity contribution in [1.29, 1.82) is 0 Å². The molecule has 144 valence electrons. The van der Waals surface area contributed by atoms with Crippen molar-refractivity contribution in [3.8, 4) is 0 Å². The highest BCUT2D eigenvalue weighted by Gasteiger charge is 2.33. The van der Waals surface area contributed by atoms with Gasteiger partial charge in [-0.1, -0.05) is 25.0 Å². The number of halogens is 5. The molecule has 1 atom stereocenters. The van der Waals surface area contributed by atoms with Gasteiger partial charge in [0.15, 0.2) is 0 Å². The van der Waals surface area contributed by atoms with E-state index in [9.17, 15) is 26.7 Å². The Hall–Kier alpha value is -2.51. The number of alkyl halides is 3. The van der Waals surface area contributed by atoms with Gasteiger partial charge < -0.3 is 5.32 Å². The van der Waals surface area contributed by atoms with Crippen LogP contribution in [0.1, 0.15) is 46.8 Å². The maximum atomic E-state index is 13.7. The molecule has 0 radical (unpaired) electrons. The lowest BCUT2D eigenvalue weighted by molar-refractivity contribution is -0.141. The molecule has 1 heterocycles. The number of pyridine rings is 1. The predicted molar refractivity (Wildman–Crippen MR) is 88.0 cm³/mol. The molecule has 0 spiro atoms. The van der Waals surface area contributed by atoms with E-state index >= 15 is 0 Å². The van der Waals surface area contributed by atoms with Crippen LogP contribution in [0.3, 0.4) is 0 Å². The van der Waals surface area contributed by atoms with Crippen LogP contribution in [-0.2, 0) is 6.18 Å². The summed E-state index contributed by atoms with van der Waals surface area (Å²) in [7, 11) is 0. The summed E-state index contributed by atoms with van der Waals surface area (Å²) in [6.45, 7) is 0.0517. The quantitative estimate of drug-likeness (QED) is 0.734. The van der Waals surface area contributed by atoms with Gasteiger partial charge in [-0.15, -0.1) is 0 Å². The number of aromatic nitrogens is 1. The normalized spacial score (nSPS) is 15.4. The fourth-order valence-corrected chi connectivity index (χ4v) is 2.93. The van der Waals surface area contributed by atoms with Crippen LogP contribution in [0, 0.1) is 17.6 Å². The summed E-state index contributed by atoms with van der Waals surface area (Å²) in [5, 5.41) is 2.49. The van der Waals surface area contributed by atoms with Gasteiger partial charge in [-0.2, -0.15) is 13.2 Å². The van der Waals surface area contributed by atoms with E-state index < -0.39 is 35.0 Å². The van der Waals surface area contributed by atoms with Crippen LogP contribution in [0.5, 0.6) is 0 Å². The van der Waals surface area contributed by atoms with Crippen molar-refractivity contribution in [2.24, 2.45) is 5.92 Å². The van der Waals surface area contributed by atoms with Crippen molar-refractivity contribution in [2.45, 2.75) is 31.4 Å². The van der Waals surface area contributed by atoms with Gasteiger partial charge in [0.25, 0.3) is 5.91 Å². The van der Waals surface area contributed by atoms with Crippen molar-refractivity contribution in [2.75, 3.05) is 6.54 Å². The largest absolute Gasteiger partial charge is 0.433 e. The minimum atomic E-state index is -4.53. The van der Waals surface area contributed by atoms with Gasteiger partial charge in [0.1, 0.15) is 22.9 Å². The van der Waals surface area contributed by atoms with E-state index in [1.54, 1.807) is 0 Å². The Morgan fingerprint density at radius 3 is 2.33 bits per heavy atom. The van der Waals surface area contributed by atoms with Crippen LogP contribution >= 0.6 is 0 Å². The molecule has 0 aliphatic heterocycles.